The second-order valence-electron chi connectivity index (χ2n) is 7.93. The molecule has 0 saturated carbocycles. The summed E-state index contributed by atoms with van der Waals surface area (Å²) in [5.74, 6) is 0.988. The number of carbonyl (C=O) groups is 2. The molecule has 3 heterocycles. The van der Waals surface area contributed by atoms with Gasteiger partial charge < -0.3 is 19.4 Å². The van der Waals surface area contributed by atoms with Gasteiger partial charge in [-0.25, -0.2) is 9.97 Å². The minimum atomic E-state index is -0.564. The standard InChI is InChI=1S/C21H29N5O3/c1-29-16-15-26-17-5-2-3-7-21(17,8-6-18(26)27)19(28)24-11-13-25(14-12-24)20-22-9-4-10-23-20/h4-5,9-10H,2-3,6-8,11-16H2,1H3. The Morgan fingerprint density at radius 2 is 1.93 bits per heavy atom. The molecular weight excluding hydrogens is 370 g/mol. The zero-order valence-corrected chi connectivity index (χ0v) is 17.0. The number of methoxy groups -OCH3 is 1. The molecule has 156 valence electrons. The topological polar surface area (TPSA) is 78.9 Å². The molecule has 2 amide bonds. The third-order valence-electron chi connectivity index (χ3n) is 6.32. The van der Waals surface area contributed by atoms with Crippen LogP contribution in [0.4, 0.5) is 5.95 Å². The van der Waals surface area contributed by atoms with Crippen LogP contribution in [0, 0.1) is 5.41 Å². The molecule has 1 unspecified atom stereocenters. The molecule has 29 heavy (non-hydrogen) atoms. The molecular formula is C21H29N5O3. The van der Waals surface area contributed by atoms with Crippen LogP contribution in [-0.4, -0.2) is 78.0 Å². The molecule has 3 aliphatic rings. The maximum atomic E-state index is 13.7. The number of rotatable bonds is 5. The van der Waals surface area contributed by atoms with Crippen molar-refractivity contribution in [2.75, 3.05) is 51.3 Å². The van der Waals surface area contributed by atoms with Crippen molar-refractivity contribution in [1.82, 2.24) is 19.8 Å². The van der Waals surface area contributed by atoms with Crippen molar-refractivity contribution >= 4 is 17.8 Å². The number of piperazine rings is 1. The molecule has 1 aromatic rings. The van der Waals surface area contributed by atoms with Gasteiger partial charge in [0.25, 0.3) is 0 Å². The molecule has 4 rings (SSSR count). The summed E-state index contributed by atoms with van der Waals surface area (Å²) < 4.78 is 5.20. The van der Waals surface area contributed by atoms with E-state index in [1.807, 2.05) is 4.90 Å². The lowest BCUT2D eigenvalue weighted by Crippen LogP contribution is -2.58. The predicted octanol–water partition coefficient (Wildman–Crippen LogP) is 1.45. The van der Waals surface area contributed by atoms with E-state index >= 15 is 0 Å². The van der Waals surface area contributed by atoms with Gasteiger partial charge in [-0.1, -0.05) is 6.08 Å². The first-order chi connectivity index (χ1) is 14.2. The van der Waals surface area contributed by atoms with Gasteiger partial charge in [-0.05, 0) is 31.7 Å². The Balaban J connectivity index is 1.50. The molecule has 1 aromatic heterocycles. The number of fused-ring (bicyclic) bond motifs is 1. The quantitative estimate of drug-likeness (QED) is 0.746. The first-order valence-corrected chi connectivity index (χ1v) is 10.5. The number of allylic oxidation sites excluding steroid dienone is 1. The van der Waals surface area contributed by atoms with Gasteiger partial charge in [0, 0.05) is 64.3 Å². The van der Waals surface area contributed by atoms with Crippen molar-refractivity contribution in [3.8, 4) is 0 Å². The molecule has 8 nitrogen and oxygen atoms in total. The summed E-state index contributed by atoms with van der Waals surface area (Å²) in [6, 6.07) is 1.80. The number of nitrogens with zero attached hydrogens (tertiary/aromatic N) is 5. The van der Waals surface area contributed by atoms with E-state index in [1.165, 1.54) is 0 Å². The lowest BCUT2D eigenvalue weighted by atomic mass is 9.68. The largest absolute Gasteiger partial charge is 0.383 e. The molecule has 0 bridgehead atoms. The fourth-order valence-electron chi connectivity index (χ4n) is 4.80. The first kappa shape index (κ1) is 19.8. The second-order valence-corrected chi connectivity index (χ2v) is 7.93. The van der Waals surface area contributed by atoms with Gasteiger partial charge in [0.05, 0.1) is 12.0 Å². The van der Waals surface area contributed by atoms with E-state index in [0.29, 0.717) is 45.0 Å². The number of anilines is 1. The van der Waals surface area contributed by atoms with Crippen LogP contribution < -0.4 is 4.90 Å². The Hall–Kier alpha value is -2.48. The summed E-state index contributed by atoms with van der Waals surface area (Å²) in [6.07, 6.45) is 9.35. The van der Waals surface area contributed by atoms with E-state index in [4.69, 9.17) is 4.74 Å². The van der Waals surface area contributed by atoms with E-state index in [0.717, 1.165) is 38.0 Å². The monoisotopic (exact) mass is 399 g/mol. The highest BCUT2D eigenvalue weighted by atomic mass is 16.5. The number of amides is 2. The van der Waals surface area contributed by atoms with Crippen molar-refractivity contribution in [3.05, 3.63) is 30.2 Å². The Morgan fingerprint density at radius 1 is 1.17 bits per heavy atom. The number of ether oxygens (including phenoxy) is 1. The highest BCUT2D eigenvalue weighted by Crippen LogP contribution is 2.48. The number of hydrogen-bond acceptors (Lipinski definition) is 6. The summed E-state index contributed by atoms with van der Waals surface area (Å²) in [7, 11) is 1.64. The summed E-state index contributed by atoms with van der Waals surface area (Å²) in [5, 5.41) is 0. The van der Waals surface area contributed by atoms with Gasteiger partial charge in [-0.2, -0.15) is 0 Å². The molecule has 0 radical (unpaired) electrons. The van der Waals surface area contributed by atoms with E-state index in [9.17, 15) is 9.59 Å². The van der Waals surface area contributed by atoms with E-state index in [1.54, 1.807) is 30.5 Å². The average Bonchev–Trinajstić information content (AvgIpc) is 2.79. The summed E-state index contributed by atoms with van der Waals surface area (Å²) in [6.45, 7) is 3.73. The Labute approximate surface area is 171 Å². The third kappa shape index (κ3) is 3.73. The number of piperidine rings is 1. The average molecular weight is 399 g/mol. The van der Waals surface area contributed by atoms with Crippen molar-refractivity contribution in [2.24, 2.45) is 5.41 Å². The van der Waals surface area contributed by atoms with E-state index in [-0.39, 0.29) is 11.8 Å². The Morgan fingerprint density at radius 3 is 2.66 bits per heavy atom. The zero-order chi connectivity index (χ0) is 20.3. The van der Waals surface area contributed by atoms with Crippen molar-refractivity contribution in [1.29, 1.82) is 0 Å². The SMILES string of the molecule is COCCN1C(=O)CCC2(C(=O)N3CCN(c4ncccn4)CC3)CCCC=C12. The maximum absolute atomic E-state index is 13.7. The maximum Gasteiger partial charge on any atom is 0.234 e. The fraction of sp³-hybridized carbons (Fsp3) is 0.619. The lowest BCUT2D eigenvalue weighted by Gasteiger charge is -2.48. The van der Waals surface area contributed by atoms with Crippen LogP contribution in [0.15, 0.2) is 30.2 Å². The van der Waals surface area contributed by atoms with Crippen molar-refractivity contribution in [2.45, 2.75) is 32.1 Å². The van der Waals surface area contributed by atoms with Crippen molar-refractivity contribution < 1.29 is 14.3 Å². The molecule has 1 aliphatic carbocycles. The second kappa shape index (κ2) is 8.49. The predicted molar refractivity (Wildman–Crippen MR) is 108 cm³/mol. The molecule has 0 aromatic carbocycles. The molecule has 0 N–H and O–H groups in total. The van der Waals surface area contributed by atoms with Crippen LogP contribution in [0.5, 0.6) is 0 Å². The highest BCUT2D eigenvalue weighted by Gasteiger charge is 2.51. The van der Waals surface area contributed by atoms with Gasteiger partial charge >= 0.3 is 0 Å². The molecule has 2 fully saturated rings. The Kier molecular flexibility index (Phi) is 5.80. The fourth-order valence-corrected chi connectivity index (χ4v) is 4.80. The number of carbonyl (C=O) groups excluding carboxylic acids is 2. The highest BCUT2D eigenvalue weighted by molar-refractivity contribution is 5.91. The smallest absolute Gasteiger partial charge is 0.234 e. The number of hydrogen-bond donors (Lipinski definition) is 0. The van der Waals surface area contributed by atoms with E-state index in [2.05, 4.69) is 20.9 Å². The van der Waals surface area contributed by atoms with Crippen LogP contribution >= 0.6 is 0 Å². The van der Waals surface area contributed by atoms with Crippen LogP contribution in [-0.2, 0) is 14.3 Å². The molecule has 2 saturated heterocycles. The van der Waals surface area contributed by atoms with Gasteiger partial charge in [0.15, 0.2) is 0 Å². The summed E-state index contributed by atoms with van der Waals surface area (Å²) in [4.78, 5) is 40.9. The normalized spacial score (nSPS) is 24.9. The Bertz CT molecular complexity index is 776. The molecule has 1 atom stereocenters. The van der Waals surface area contributed by atoms with Crippen LogP contribution in [0.3, 0.4) is 0 Å². The van der Waals surface area contributed by atoms with Gasteiger partial charge in [-0.3, -0.25) is 9.59 Å². The first-order valence-electron chi connectivity index (χ1n) is 10.5. The van der Waals surface area contributed by atoms with Gasteiger partial charge in [-0.15, -0.1) is 0 Å². The van der Waals surface area contributed by atoms with Crippen LogP contribution in [0.25, 0.3) is 0 Å². The summed E-state index contributed by atoms with van der Waals surface area (Å²) in [5.41, 5.74) is 0.349. The van der Waals surface area contributed by atoms with Gasteiger partial charge in [0.1, 0.15) is 0 Å². The summed E-state index contributed by atoms with van der Waals surface area (Å²) >= 11 is 0. The lowest BCUT2D eigenvalue weighted by molar-refractivity contribution is -0.148. The van der Waals surface area contributed by atoms with Crippen molar-refractivity contribution in [3.63, 3.8) is 0 Å². The zero-order valence-electron chi connectivity index (χ0n) is 17.0. The van der Waals surface area contributed by atoms with Crippen LogP contribution in [0.1, 0.15) is 32.1 Å². The molecule has 0 spiro atoms. The number of aromatic nitrogens is 2. The van der Waals surface area contributed by atoms with Crippen LogP contribution in [0.2, 0.25) is 0 Å². The van der Waals surface area contributed by atoms with E-state index < -0.39 is 5.41 Å². The third-order valence-corrected chi connectivity index (χ3v) is 6.32. The minimum absolute atomic E-state index is 0.102. The minimum Gasteiger partial charge on any atom is -0.383 e. The van der Waals surface area contributed by atoms with Gasteiger partial charge in [0.2, 0.25) is 17.8 Å². The number of likely N-dealkylation sites (tertiary alicyclic amines) is 1. The molecule has 2 aliphatic heterocycles. The molecule has 8 heteroatoms.